The molecule has 26 heavy (non-hydrogen) atoms. The first-order valence-electron chi connectivity index (χ1n) is 7.82. The predicted octanol–water partition coefficient (Wildman–Crippen LogP) is 3.67. The van der Waals surface area contributed by atoms with Crippen molar-refractivity contribution in [2.75, 3.05) is 0 Å². The Kier molecular flexibility index (Phi) is 5.13. The van der Waals surface area contributed by atoms with E-state index in [0.29, 0.717) is 12.0 Å². The van der Waals surface area contributed by atoms with Crippen molar-refractivity contribution in [1.29, 1.82) is 0 Å². The summed E-state index contributed by atoms with van der Waals surface area (Å²) >= 11 is 5.70. The van der Waals surface area contributed by atoms with E-state index in [1.807, 2.05) is 0 Å². The Labute approximate surface area is 152 Å². The average molecular weight is 382 g/mol. The molecule has 1 N–H and O–H groups in total. The second-order valence-electron chi connectivity index (χ2n) is 5.84. The van der Waals surface area contributed by atoms with Gasteiger partial charge in [-0.1, -0.05) is 17.7 Å². The van der Waals surface area contributed by atoms with Crippen molar-refractivity contribution < 1.29 is 23.5 Å². The first-order chi connectivity index (χ1) is 12.4. The van der Waals surface area contributed by atoms with E-state index in [1.165, 1.54) is 10.9 Å². The third-order valence-electron chi connectivity index (χ3n) is 3.99. The first-order valence-corrected chi connectivity index (χ1v) is 8.20. The molecule has 0 bridgehead atoms. The molecule has 6 nitrogen and oxygen atoms in total. The van der Waals surface area contributed by atoms with Gasteiger partial charge in [0.1, 0.15) is 22.2 Å². The Morgan fingerprint density at radius 3 is 2.73 bits per heavy atom. The van der Waals surface area contributed by atoms with Gasteiger partial charge in [-0.3, -0.25) is 14.3 Å². The molecule has 9 heteroatoms. The maximum atomic E-state index is 13.3. The molecule has 0 amide bonds. The number of carbonyl (C=O) groups excluding carboxylic acids is 2. The van der Waals surface area contributed by atoms with Crippen molar-refractivity contribution in [3.05, 3.63) is 57.8 Å². The fraction of sp³-hybridized carbons (Fsp3) is 0.294. The molecule has 0 saturated carbocycles. The molecule has 0 saturated heterocycles. The lowest BCUT2D eigenvalue weighted by Crippen LogP contribution is -2.20. The fourth-order valence-corrected chi connectivity index (χ4v) is 2.87. The highest BCUT2D eigenvalue weighted by Crippen LogP contribution is 2.28. The van der Waals surface area contributed by atoms with E-state index in [1.54, 1.807) is 12.1 Å². The van der Waals surface area contributed by atoms with Gasteiger partial charge in [-0.15, -0.1) is 0 Å². The van der Waals surface area contributed by atoms with Crippen LogP contribution in [0.2, 0.25) is 5.15 Å². The molecule has 0 aromatic carbocycles. The summed E-state index contributed by atoms with van der Waals surface area (Å²) in [7, 11) is 0. The number of aliphatic hydroxyl groups is 1. The summed E-state index contributed by atoms with van der Waals surface area (Å²) in [6.45, 7) is 0.0934. The monoisotopic (exact) mass is 381 g/mol. The molecule has 0 radical (unpaired) electrons. The Morgan fingerprint density at radius 2 is 2.12 bits per heavy atom. The summed E-state index contributed by atoms with van der Waals surface area (Å²) in [5.74, 6) is -1.84. The lowest BCUT2D eigenvalue weighted by molar-refractivity contribution is -0.116. The van der Waals surface area contributed by atoms with Crippen molar-refractivity contribution in [3.63, 3.8) is 0 Å². The molecule has 0 fully saturated rings. The number of allylic oxidation sites excluding steroid dienone is 2. The fourth-order valence-electron chi connectivity index (χ4n) is 2.76. The lowest BCUT2D eigenvalue weighted by atomic mass is 9.90. The SMILES string of the molecule is O=C1CCCC(O)=C1C(=O)c1cn(Cc2ccc(Cl)nc2)nc1C(F)F. The minimum absolute atomic E-state index is 0.0934. The number of Topliss-reactive ketones (excluding diaryl/α,β-unsaturated/α-hetero) is 2. The zero-order valence-electron chi connectivity index (χ0n) is 13.5. The highest BCUT2D eigenvalue weighted by atomic mass is 35.5. The summed E-state index contributed by atoms with van der Waals surface area (Å²) in [6.07, 6.45) is 0.306. The summed E-state index contributed by atoms with van der Waals surface area (Å²) in [5, 5.41) is 13.9. The van der Waals surface area contributed by atoms with Crippen LogP contribution in [0.1, 0.15) is 47.3 Å². The van der Waals surface area contributed by atoms with E-state index in [9.17, 15) is 23.5 Å². The van der Waals surface area contributed by atoms with Crippen LogP contribution in [0.25, 0.3) is 0 Å². The number of aromatic nitrogens is 3. The lowest BCUT2D eigenvalue weighted by Gasteiger charge is -2.13. The average Bonchev–Trinajstić information content (AvgIpc) is 3.01. The van der Waals surface area contributed by atoms with Gasteiger partial charge >= 0.3 is 0 Å². The zero-order valence-corrected chi connectivity index (χ0v) is 14.2. The van der Waals surface area contributed by atoms with E-state index < -0.39 is 34.8 Å². The van der Waals surface area contributed by atoms with E-state index in [0.717, 1.165) is 6.20 Å². The number of pyridine rings is 1. The molecule has 0 spiro atoms. The van der Waals surface area contributed by atoms with Crippen LogP contribution in [-0.4, -0.2) is 31.4 Å². The molecule has 3 rings (SSSR count). The van der Waals surface area contributed by atoms with Crippen molar-refractivity contribution >= 4 is 23.2 Å². The van der Waals surface area contributed by atoms with Crippen molar-refractivity contribution in [2.45, 2.75) is 32.2 Å². The van der Waals surface area contributed by atoms with Crippen LogP contribution in [0.15, 0.2) is 35.9 Å². The number of halogens is 3. The Hall–Kier alpha value is -2.61. The number of rotatable bonds is 5. The zero-order chi connectivity index (χ0) is 18.8. The minimum Gasteiger partial charge on any atom is -0.511 e. The van der Waals surface area contributed by atoms with Crippen LogP contribution in [0.4, 0.5) is 8.78 Å². The van der Waals surface area contributed by atoms with Gasteiger partial charge in [-0.05, 0) is 18.1 Å². The first kappa shape index (κ1) is 18.2. The van der Waals surface area contributed by atoms with Gasteiger partial charge in [0.05, 0.1) is 12.1 Å². The van der Waals surface area contributed by atoms with Gasteiger partial charge in [0, 0.05) is 25.2 Å². The predicted molar refractivity (Wildman–Crippen MR) is 88.4 cm³/mol. The number of carbonyl (C=O) groups is 2. The van der Waals surface area contributed by atoms with Gasteiger partial charge in [-0.25, -0.2) is 13.8 Å². The molecule has 0 aliphatic heterocycles. The van der Waals surface area contributed by atoms with Crippen LogP contribution in [0.5, 0.6) is 0 Å². The summed E-state index contributed by atoms with van der Waals surface area (Å²) in [4.78, 5) is 28.4. The third-order valence-corrected chi connectivity index (χ3v) is 4.21. The molecule has 2 heterocycles. The Balaban J connectivity index is 1.96. The summed E-state index contributed by atoms with van der Waals surface area (Å²) in [6, 6.07) is 3.20. The summed E-state index contributed by atoms with van der Waals surface area (Å²) in [5.41, 5.74) is -0.896. The van der Waals surface area contributed by atoms with Crippen LogP contribution in [0, 0.1) is 0 Å². The second-order valence-corrected chi connectivity index (χ2v) is 6.23. The van der Waals surface area contributed by atoms with Crippen LogP contribution in [-0.2, 0) is 11.3 Å². The number of nitrogens with zero attached hydrogens (tertiary/aromatic N) is 3. The van der Waals surface area contributed by atoms with Crippen molar-refractivity contribution in [3.8, 4) is 0 Å². The maximum Gasteiger partial charge on any atom is 0.282 e. The van der Waals surface area contributed by atoms with Gasteiger partial charge in [0.15, 0.2) is 5.78 Å². The minimum atomic E-state index is -3.00. The molecule has 1 aliphatic carbocycles. The third kappa shape index (κ3) is 3.65. The van der Waals surface area contributed by atoms with E-state index >= 15 is 0 Å². The van der Waals surface area contributed by atoms with Gasteiger partial charge in [0.25, 0.3) is 6.43 Å². The smallest absolute Gasteiger partial charge is 0.282 e. The Bertz CT molecular complexity index is 891. The van der Waals surface area contributed by atoms with Crippen LogP contribution < -0.4 is 0 Å². The van der Waals surface area contributed by atoms with Crippen molar-refractivity contribution in [1.82, 2.24) is 14.8 Å². The Morgan fingerprint density at radius 1 is 1.35 bits per heavy atom. The standard InChI is InChI=1S/C17H14ClF2N3O3/c18-13-5-4-9(6-21-13)7-23-8-10(15(22-23)17(19)20)16(26)14-11(24)2-1-3-12(14)25/h4-6,8,17,24H,1-3,7H2. The molecule has 0 unspecified atom stereocenters. The topological polar surface area (TPSA) is 85.1 Å². The maximum absolute atomic E-state index is 13.3. The number of hydrogen-bond acceptors (Lipinski definition) is 5. The largest absolute Gasteiger partial charge is 0.511 e. The quantitative estimate of drug-likeness (QED) is 0.485. The molecule has 136 valence electrons. The van der Waals surface area contributed by atoms with Gasteiger partial charge in [0.2, 0.25) is 5.78 Å². The van der Waals surface area contributed by atoms with Crippen molar-refractivity contribution in [2.24, 2.45) is 0 Å². The molecular formula is C17H14ClF2N3O3. The molecule has 2 aromatic rings. The molecule has 0 atom stereocenters. The number of alkyl halides is 2. The van der Waals surface area contributed by atoms with E-state index in [-0.39, 0.29) is 30.3 Å². The van der Waals surface area contributed by atoms with Gasteiger partial charge < -0.3 is 5.11 Å². The van der Waals surface area contributed by atoms with E-state index in [2.05, 4.69) is 10.1 Å². The van der Waals surface area contributed by atoms with Crippen LogP contribution in [0.3, 0.4) is 0 Å². The number of ketones is 2. The molecule has 1 aliphatic rings. The molecule has 2 aromatic heterocycles. The van der Waals surface area contributed by atoms with E-state index in [4.69, 9.17) is 11.6 Å². The number of aliphatic hydroxyl groups excluding tert-OH is 1. The van der Waals surface area contributed by atoms with Gasteiger partial charge in [-0.2, -0.15) is 5.10 Å². The highest BCUT2D eigenvalue weighted by Gasteiger charge is 2.32. The normalized spacial score (nSPS) is 15.0. The molecular weight excluding hydrogens is 368 g/mol. The highest BCUT2D eigenvalue weighted by molar-refractivity contribution is 6.29. The van der Waals surface area contributed by atoms with Crippen LogP contribution >= 0.6 is 11.6 Å². The number of hydrogen-bond donors (Lipinski definition) is 1. The summed E-state index contributed by atoms with van der Waals surface area (Å²) < 4.78 is 27.8. The second kappa shape index (κ2) is 7.33.